The minimum absolute atomic E-state index is 0.00760. The van der Waals surface area contributed by atoms with Crippen LogP contribution in [-0.4, -0.2) is 87.5 Å². The van der Waals surface area contributed by atoms with Crippen molar-refractivity contribution in [2.75, 3.05) is 60.0 Å². The van der Waals surface area contributed by atoms with Crippen LogP contribution in [-0.2, 0) is 28.5 Å². The molecule has 0 saturated carbocycles. The summed E-state index contributed by atoms with van der Waals surface area (Å²) in [6.45, 7) is 6.07. The number of carbonyl (C=O) groups excluding carboxylic acids is 1. The number of aromatic hydroxyl groups is 1. The van der Waals surface area contributed by atoms with Crippen molar-refractivity contribution in [3.8, 4) is 11.5 Å². The van der Waals surface area contributed by atoms with E-state index in [2.05, 4.69) is 9.98 Å². The second kappa shape index (κ2) is 11.5. The summed E-state index contributed by atoms with van der Waals surface area (Å²) >= 11 is 0. The Labute approximate surface area is 169 Å². The van der Waals surface area contributed by atoms with E-state index in [1.54, 1.807) is 21.0 Å². The van der Waals surface area contributed by atoms with Crippen molar-refractivity contribution in [3.63, 3.8) is 0 Å². The lowest BCUT2D eigenvalue weighted by atomic mass is 10.1. The van der Waals surface area contributed by atoms with Gasteiger partial charge in [0.2, 0.25) is 5.90 Å². The van der Waals surface area contributed by atoms with Gasteiger partial charge in [0.05, 0.1) is 39.6 Å². The van der Waals surface area contributed by atoms with Gasteiger partial charge in [0.1, 0.15) is 13.2 Å². The summed E-state index contributed by atoms with van der Waals surface area (Å²) in [6, 6.07) is 1.52. The molecule has 1 unspecified atom stereocenters. The smallest absolute Gasteiger partial charge is 0.337 e. The number of nitrogens with zero attached hydrogens (tertiary/aromatic N) is 2. The van der Waals surface area contributed by atoms with E-state index < -0.39 is 11.5 Å². The number of aliphatic imine (C=N–C) groups is 1. The molecule has 0 aliphatic carbocycles. The third-order valence-electron chi connectivity index (χ3n) is 3.93. The standard InChI is InChI=1S/C19H28N2O8/c1-4-27-18(23)19(2)13-29-17(21-19)15-16(22)14(5-6-20-15)28-12-11-26-10-9-25-8-7-24-3/h5-6,22H,4,7-13H2,1-3H3. The van der Waals surface area contributed by atoms with Gasteiger partial charge < -0.3 is 33.5 Å². The predicted molar refractivity (Wildman–Crippen MR) is 102 cm³/mol. The van der Waals surface area contributed by atoms with E-state index in [-0.39, 0.29) is 42.9 Å². The molecule has 0 spiro atoms. The molecule has 0 bridgehead atoms. The average molecular weight is 412 g/mol. The van der Waals surface area contributed by atoms with E-state index in [4.69, 9.17) is 28.4 Å². The molecule has 10 nitrogen and oxygen atoms in total. The molecule has 162 valence electrons. The van der Waals surface area contributed by atoms with Crippen molar-refractivity contribution < 1.29 is 38.3 Å². The van der Waals surface area contributed by atoms with Crippen LogP contribution in [0.2, 0.25) is 0 Å². The summed E-state index contributed by atoms with van der Waals surface area (Å²) in [5.41, 5.74) is -1.07. The molecule has 0 amide bonds. The number of hydrogen-bond donors (Lipinski definition) is 1. The van der Waals surface area contributed by atoms with E-state index in [1.807, 2.05) is 0 Å². The predicted octanol–water partition coefficient (Wildman–Crippen LogP) is 0.944. The first-order chi connectivity index (χ1) is 14.0. The molecule has 1 aromatic rings. The molecule has 1 N–H and O–H groups in total. The van der Waals surface area contributed by atoms with Crippen LogP contribution in [0.5, 0.6) is 11.5 Å². The maximum atomic E-state index is 12.1. The molecule has 29 heavy (non-hydrogen) atoms. The number of methoxy groups -OCH3 is 1. The number of rotatable bonds is 13. The van der Waals surface area contributed by atoms with Gasteiger partial charge in [-0.3, -0.25) is 0 Å². The lowest BCUT2D eigenvalue weighted by molar-refractivity contribution is -0.149. The molecule has 0 fully saturated rings. The zero-order chi connectivity index (χ0) is 21.1. The molecule has 0 radical (unpaired) electrons. The minimum atomic E-state index is -1.17. The monoisotopic (exact) mass is 412 g/mol. The first-order valence-electron chi connectivity index (χ1n) is 9.37. The summed E-state index contributed by atoms with van der Waals surface area (Å²) in [7, 11) is 1.61. The van der Waals surface area contributed by atoms with Gasteiger partial charge in [-0.1, -0.05) is 0 Å². The van der Waals surface area contributed by atoms with Crippen LogP contribution in [0, 0.1) is 0 Å². The normalized spacial score (nSPS) is 18.2. The Bertz CT molecular complexity index is 697. The quantitative estimate of drug-likeness (QED) is 0.373. The van der Waals surface area contributed by atoms with Crippen LogP contribution >= 0.6 is 0 Å². The van der Waals surface area contributed by atoms with E-state index in [9.17, 15) is 9.90 Å². The van der Waals surface area contributed by atoms with E-state index in [0.717, 1.165) is 0 Å². The fraction of sp³-hybridized carbons (Fsp3) is 0.632. The molecule has 10 heteroatoms. The fourth-order valence-corrected chi connectivity index (χ4v) is 2.39. The third kappa shape index (κ3) is 6.55. The van der Waals surface area contributed by atoms with Gasteiger partial charge in [0.25, 0.3) is 0 Å². The Morgan fingerprint density at radius 1 is 1.21 bits per heavy atom. The van der Waals surface area contributed by atoms with Crippen molar-refractivity contribution in [2.24, 2.45) is 4.99 Å². The van der Waals surface area contributed by atoms with Crippen molar-refractivity contribution in [1.82, 2.24) is 4.98 Å². The van der Waals surface area contributed by atoms with E-state index in [0.29, 0.717) is 33.0 Å². The van der Waals surface area contributed by atoms with Crippen molar-refractivity contribution in [3.05, 3.63) is 18.0 Å². The number of ether oxygens (including phenoxy) is 6. The van der Waals surface area contributed by atoms with Crippen LogP contribution in [0.1, 0.15) is 19.5 Å². The molecule has 0 aromatic carbocycles. The molecule has 1 aromatic heterocycles. The number of esters is 1. The zero-order valence-corrected chi connectivity index (χ0v) is 17.0. The second-order valence-electron chi connectivity index (χ2n) is 6.27. The number of carbonyl (C=O) groups is 1. The molecular formula is C19H28N2O8. The summed E-state index contributed by atoms with van der Waals surface area (Å²) in [5.74, 6) is -0.438. The number of hydrogen-bond acceptors (Lipinski definition) is 10. The van der Waals surface area contributed by atoms with Crippen LogP contribution < -0.4 is 4.74 Å². The Balaban J connectivity index is 1.86. The number of pyridine rings is 1. The number of aromatic nitrogens is 1. The highest BCUT2D eigenvalue weighted by Crippen LogP contribution is 2.32. The van der Waals surface area contributed by atoms with Crippen LogP contribution in [0.3, 0.4) is 0 Å². The Morgan fingerprint density at radius 2 is 1.90 bits per heavy atom. The Morgan fingerprint density at radius 3 is 2.59 bits per heavy atom. The van der Waals surface area contributed by atoms with Gasteiger partial charge in [0.15, 0.2) is 22.7 Å². The summed E-state index contributed by atoms with van der Waals surface area (Å²) < 4.78 is 31.6. The lowest BCUT2D eigenvalue weighted by Crippen LogP contribution is -2.36. The zero-order valence-electron chi connectivity index (χ0n) is 17.0. The van der Waals surface area contributed by atoms with E-state index >= 15 is 0 Å². The highest BCUT2D eigenvalue weighted by Gasteiger charge is 2.42. The van der Waals surface area contributed by atoms with Gasteiger partial charge in [-0.05, 0) is 13.8 Å². The summed E-state index contributed by atoms with van der Waals surface area (Å²) in [6.07, 6.45) is 1.46. The molecule has 1 aliphatic rings. The topological polar surface area (TPSA) is 118 Å². The van der Waals surface area contributed by atoms with Crippen LogP contribution in [0.15, 0.2) is 17.3 Å². The highest BCUT2D eigenvalue weighted by atomic mass is 16.6. The summed E-state index contributed by atoms with van der Waals surface area (Å²) in [4.78, 5) is 20.4. The van der Waals surface area contributed by atoms with Gasteiger partial charge in [0, 0.05) is 19.4 Å². The second-order valence-corrected chi connectivity index (χ2v) is 6.27. The van der Waals surface area contributed by atoms with E-state index in [1.165, 1.54) is 12.3 Å². The molecular weight excluding hydrogens is 384 g/mol. The minimum Gasteiger partial charge on any atom is -0.503 e. The van der Waals surface area contributed by atoms with Crippen molar-refractivity contribution >= 4 is 11.9 Å². The first kappa shape index (κ1) is 22.9. The Kier molecular flexibility index (Phi) is 9.10. The maximum absolute atomic E-state index is 12.1. The fourth-order valence-electron chi connectivity index (χ4n) is 2.39. The lowest BCUT2D eigenvalue weighted by Gasteiger charge is -2.15. The van der Waals surface area contributed by atoms with Crippen molar-refractivity contribution in [1.29, 1.82) is 0 Å². The van der Waals surface area contributed by atoms with Gasteiger partial charge in [-0.15, -0.1) is 0 Å². The Hall–Kier alpha value is -2.43. The average Bonchev–Trinajstić information content (AvgIpc) is 3.11. The maximum Gasteiger partial charge on any atom is 0.337 e. The molecule has 1 atom stereocenters. The van der Waals surface area contributed by atoms with Gasteiger partial charge in [-0.2, -0.15) is 0 Å². The molecule has 2 rings (SSSR count). The molecule has 2 heterocycles. The van der Waals surface area contributed by atoms with Crippen LogP contribution in [0.25, 0.3) is 0 Å². The SMILES string of the molecule is CCOC(=O)C1(C)COC(c2nccc(OCCOCCOCCOC)c2O)=N1. The van der Waals surface area contributed by atoms with Crippen LogP contribution in [0.4, 0.5) is 0 Å². The first-order valence-corrected chi connectivity index (χ1v) is 9.37. The highest BCUT2D eigenvalue weighted by molar-refractivity contribution is 5.99. The largest absolute Gasteiger partial charge is 0.503 e. The summed E-state index contributed by atoms with van der Waals surface area (Å²) in [5, 5.41) is 10.4. The molecule has 1 aliphatic heterocycles. The third-order valence-corrected chi connectivity index (χ3v) is 3.93. The molecule has 0 saturated heterocycles. The van der Waals surface area contributed by atoms with Gasteiger partial charge in [-0.25, -0.2) is 14.8 Å². The van der Waals surface area contributed by atoms with Gasteiger partial charge >= 0.3 is 5.97 Å². The van der Waals surface area contributed by atoms with Crippen molar-refractivity contribution in [2.45, 2.75) is 19.4 Å².